The fourth-order valence-electron chi connectivity index (χ4n) is 2.27. The first-order valence-electron chi connectivity index (χ1n) is 6.12. The van der Waals surface area contributed by atoms with Crippen molar-refractivity contribution in [3.8, 4) is 11.1 Å². The van der Waals surface area contributed by atoms with E-state index in [0.717, 1.165) is 27.2 Å². The minimum atomic E-state index is 0.446. The van der Waals surface area contributed by atoms with Crippen molar-refractivity contribution in [3.05, 3.63) is 65.4 Å². The molecule has 19 heavy (non-hydrogen) atoms. The Morgan fingerprint density at radius 2 is 1.63 bits per heavy atom. The molecule has 0 bridgehead atoms. The smallest absolute Gasteiger partial charge is 0.0618 e. The molecule has 0 aliphatic rings. The summed E-state index contributed by atoms with van der Waals surface area (Å²) in [6.45, 7) is 0.446. The van der Waals surface area contributed by atoms with Gasteiger partial charge in [0.2, 0.25) is 0 Å². The van der Waals surface area contributed by atoms with Crippen LogP contribution < -0.4 is 5.73 Å². The molecule has 1 aromatic heterocycles. The third-order valence-corrected chi connectivity index (χ3v) is 3.48. The number of pyridine rings is 1. The van der Waals surface area contributed by atoms with Gasteiger partial charge in [-0.25, -0.2) is 0 Å². The number of halogens is 1. The quantitative estimate of drug-likeness (QED) is 0.763. The Morgan fingerprint density at radius 1 is 0.947 bits per heavy atom. The monoisotopic (exact) mass is 268 g/mol. The average Bonchev–Trinajstić information content (AvgIpc) is 2.47. The van der Waals surface area contributed by atoms with Gasteiger partial charge in [-0.3, -0.25) is 4.98 Å². The molecule has 3 rings (SSSR count). The van der Waals surface area contributed by atoms with Crippen LogP contribution >= 0.6 is 11.6 Å². The number of aromatic nitrogens is 1. The second-order valence-electron chi connectivity index (χ2n) is 4.38. The topological polar surface area (TPSA) is 38.9 Å². The van der Waals surface area contributed by atoms with E-state index in [0.29, 0.717) is 6.54 Å². The molecule has 94 valence electrons. The minimum Gasteiger partial charge on any atom is -0.325 e. The molecular weight excluding hydrogens is 256 g/mol. The number of nitrogens with zero attached hydrogens (tertiary/aromatic N) is 1. The van der Waals surface area contributed by atoms with Gasteiger partial charge in [0.15, 0.2) is 0 Å². The molecule has 0 aliphatic heterocycles. The lowest BCUT2D eigenvalue weighted by atomic mass is 9.99. The molecule has 0 spiro atoms. The first-order valence-corrected chi connectivity index (χ1v) is 6.50. The van der Waals surface area contributed by atoms with Crippen molar-refractivity contribution in [1.29, 1.82) is 0 Å². The van der Waals surface area contributed by atoms with Gasteiger partial charge in [-0.05, 0) is 23.1 Å². The van der Waals surface area contributed by atoms with Crippen LogP contribution in [0.1, 0.15) is 5.69 Å². The van der Waals surface area contributed by atoms with E-state index < -0.39 is 0 Å². The third-order valence-electron chi connectivity index (χ3n) is 3.23. The van der Waals surface area contributed by atoms with E-state index in [4.69, 9.17) is 17.3 Å². The maximum absolute atomic E-state index is 5.93. The van der Waals surface area contributed by atoms with Crippen LogP contribution in [0.25, 0.3) is 21.9 Å². The Balaban J connectivity index is 2.27. The Kier molecular flexibility index (Phi) is 3.20. The summed E-state index contributed by atoms with van der Waals surface area (Å²) in [4.78, 5) is 4.47. The lowest BCUT2D eigenvalue weighted by molar-refractivity contribution is 1.01. The Morgan fingerprint density at radius 3 is 2.32 bits per heavy atom. The second-order valence-corrected chi connectivity index (χ2v) is 4.81. The number of fused-ring (bicyclic) bond motifs is 1. The van der Waals surface area contributed by atoms with Crippen molar-refractivity contribution in [2.75, 3.05) is 0 Å². The first kappa shape index (κ1) is 12.2. The van der Waals surface area contributed by atoms with E-state index in [9.17, 15) is 0 Å². The average molecular weight is 269 g/mol. The van der Waals surface area contributed by atoms with Crippen LogP contribution in [0.5, 0.6) is 0 Å². The lowest BCUT2D eigenvalue weighted by Crippen LogP contribution is -2.01. The van der Waals surface area contributed by atoms with Crippen molar-refractivity contribution in [1.82, 2.24) is 4.98 Å². The summed E-state index contributed by atoms with van der Waals surface area (Å²) < 4.78 is 0. The van der Waals surface area contributed by atoms with Crippen LogP contribution in [0, 0.1) is 0 Å². The normalized spacial score (nSPS) is 10.8. The molecule has 2 N–H and O–H groups in total. The maximum atomic E-state index is 5.93. The number of hydrogen-bond donors (Lipinski definition) is 1. The zero-order chi connectivity index (χ0) is 13.2. The fourth-order valence-corrected chi connectivity index (χ4v) is 2.40. The predicted molar refractivity (Wildman–Crippen MR) is 80.1 cm³/mol. The second kappa shape index (κ2) is 5.00. The molecule has 3 aromatic rings. The van der Waals surface area contributed by atoms with Gasteiger partial charge >= 0.3 is 0 Å². The van der Waals surface area contributed by atoms with Gasteiger partial charge in [0.25, 0.3) is 0 Å². The molecule has 0 fully saturated rings. The van der Waals surface area contributed by atoms with Gasteiger partial charge in [-0.2, -0.15) is 0 Å². The summed E-state index contributed by atoms with van der Waals surface area (Å²) in [5, 5.41) is 3.01. The SMILES string of the molecule is NCc1ncc(-c2ccc(Cl)cc2)c2ccccc12. The van der Waals surface area contributed by atoms with Crippen LogP contribution in [0.4, 0.5) is 0 Å². The number of nitrogens with two attached hydrogens (primary N) is 1. The fraction of sp³-hybridized carbons (Fsp3) is 0.0625. The van der Waals surface area contributed by atoms with Crippen LogP contribution in [0.15, 0.2) is 54.7 Å². The highest BCUT2D eigenvalue weighted by Gasteiger charge is 2.07. The number of rotatable bonds is 2. The molecule has 2 nitrogen and oxygen atoms in total. The van der Waals surface area contributed by atoms with Crippen molar-refractivity contribution in [3.63, 3.8) is 0 Å². The van der Waals surface area contributed by atoms with E-state index in [1.54, 1.807) is 0 Å². The predicted octanol–water partition coefficient (Wildman–Crippen LogP) is 4.01. The van der Waals surface area contributed by atoms with Crippen molar-refractivity contribution < 1.29 is 0 Å². The number of benzene rings is 2. The molecular formula is C16H13ClN2. The molecule has 3 heteroatoms. The minimum absolute atomic E-state index is 0.446. The number of hydrogen-bond acceptors (Lipinski definition) is 2. The summed E-state index contributed by atoms with van der Waals surface area (Å²) in [6.07, 6.45) is 1.88. The van der Waals surface area contributed by atoms with Gasteiger partial charge in [0, 0.05) is 28.7 Å². The summed E-state index contributed by atoms with van der Waals surface area (Å²) in [6, 6.07) is 16.0. The maximum Gasteiger partial charge on any atom is 0.0618 e. The molecule has 0 atom stereocenters. The van der Waals surface area contributed by atoms with E-state index in [1.165, 1.54) is 5.39 Å². The summed E-state index contributed by atoms with van der Waals surface area (Å²) in [5.41, 5.74) is 8.88. The van der Waals surface area contributed by atoms with Crippen molar-refractivity contribution in [2.24, 2.45) is 5.73 Å². The van der Waals surface area contributed by atoms with E-state index in [2.05, 4.69) is 17.1 Å². The Bertz CT molecular complexity index is 720. The first-order chi connectivity index (χ1) is 9.29. The van der Waals surface area contributed by atoms with E-state index in [1.807, 2.05) is 42.6 Å². The van der Waals surface area contributed by atoms with Gasteiger partial charge in [0.05, 0.1) is 5.69 Å². The largest absolute Gasteiger partial charge is 0.325 e. The van der Waals surface area contributed by atoms with Crippen LogP contribution in [0.2, 0.25) is 5.02 Å². The van der Waals surface area contributed by atoms with E-state index in [-0.39, 0.29) is 0 Å². The lowest BCUT2D eigenvalue weighted by Gasteiger charge is -2.09. The zero-order valence-corrected chi connectivity index (χ0v) is 11.1. The zero-order valence-electron chi connectivity index (χ0n) is 10.3. The van der Waals surface area contributed by atoms with Crippen LogP contribution in [-0.2, 0) is 6.54 Å². The molecule has 2 aromatic carbocycles. The Labute approximate surface area is 116 Å². The third kappa shape index (κ3) is 2.21. The van der Waals surface area contributed by atoms with Gasteiger partial charge in [0.1, 0.15) is 0 Å². The summed E-state index contributed by atoms with van der Waals surface area (Å²) in [5.74, 6) is 0. The highest BCUT2D eigenvalue weighted by Crippen LogP contribution is 2.30. The molecule has 0 amide bonds. The van der Waals surface area contributed by atoms with Crippen LogP contribution in [0.3, 0.4) is 0 Å². The molecule has 0 saturated heterocycles. The highest BCUT2D eigenvalue weighted by molar-refractivity contribution is 6.30. The molecule has 0 unspecified atom stereocenters. The molecule has 0 aliphatic carbocycles. The Hall–Kier alpha value is -1.90. The van der Waals surface area contributed by atoms with Gasteiger partial charge in [-0.15, -0.1) is 0 Å². The van der Waals surface area contributed by atoms with Crippen molar-refractivity contribution >= 4 is 22.4 Å². The highest BCUT2D eigenvalue weighted by atomic mass is 35.5. The van der Waals surface area contributed by atoms with Crippen molar-refractivity contribution in [2.45, 2.75) is 6.54 Å². The molecule has 0 radical (unpaired) electrons. The standard InChI is InChI=1S/C16H13ClN2/c17-12-7-5-11(6-8-12)15-10-19-16(9-18)14-4-2-1-3-13(14)15/h1-8,10H,9,18H2. The molecule has 1 heterocycles. The molecule has 0 saturated carbocycles. The van der Waals surface area contributed by atoms with Crippen LogP contribution in [-0.4, -0.2) is 4.98 Å². The van der Waals surface area contributed by atoms with Gasteiger partial charge < -0.3 is 5.73 Å². The van der Waals surface area contributed by atoms with Gasteiger partial charge in [-0.1, -0.05) is 48.0 Å². The summed E-state index contributed by atoms with van der Waals surface area (Å²) in [7, 11) is 0. The van der Waals surface area contributed by atoms with E-state index >= 15 is 0 Å². The summed E-state index contributed by atoms with van der Waals surface area (Å²) >= 11 is 5.93.